The number of cyclic esters (lactones) is 1. The smallest absolute Gasteiger partial charge is 0.307 e. The van der Waals surface area contributed by atoms with Gasteiger partial charge in [0.05, 0.1) is 6.42 Å². The Morgan fingerprint density at radius 1 is 0.950 bits per heavy atom. The first kappa shape index (κ1) is 12.9. The summed E-state index contributed by atoms with van der Waals surface area (Å²) in [4.78, 5) is 11.9. The van der Waals surface area contributed by atoms with E-state index in [9.17, 15) is 4.79 Å². The molecule has 0 amide bonds. The first-order valence-corrected chi connectivity index (χ1v) is 7.03. The van der Waals surface area contributed by atoms with Crippen molar-refractivity contribution in [3.05, 3.63) is 71.3 Å². The van der Waals surface area contributed by atoms with Crippen LogP contribution in [0.15, 0.2) is 54.6 Å². The van der Waals surface area contributed by atoms with Gasteiger partial charge in [-0.15, -0.1) is 0 Å². The minimum Gasteiger partial charge on any atom is -0.457 e. The number of hydrogen-bond donors (Lipinski definition) is 0. The summed E-state index contributed by atoms with van der Waals surface area (Å²) >= 11 is 0. The highest BCUT2D eigenvalue weighted by molar-refractivity contribution is 5.72. The Hall–Kier alpha value is -2.09. The van der Waals surface area contributed by atoms with Crippen molar-refractivity contribution in [2.45, 2.75) is 31.8 Å². The minimum absolute atomic E-state index is 0.101. The number of carbonyl (C=O) groups is 1. The lowest BCUT2D eigenvalue weighted by Gasteiger charge is -2.29. The highest BCUT2D eigenvalue weighted by Gasteiger charge is 2.30. The van der Waals surface area contributed by atoms with Gasteiger partial charge in [-0.05, 0) is 30.4 Å². The van der Waals surface area contributed by atoms with Crippen LogP contribution in [0.5, 0.6) is 0 Å². The molecule has 1 fully saturated rings. The zero-order valence-electron chi connectivity index (χ0n) is 11.6. The summed E-state index contributed by atoms with van der Waals surface area (Å²) in [5, 5.41) is 0. The Morgan fingerprint density at radius 3 is 2.35 bits per heavy atom. The Morgan fingerprint density at radius 2 is 1.65 bits per heavy atom. The molecule has 2 aromatic carbocycles. The molecule has 2 nitrogen and oxygen atoms in total. The molecule has 0 radical (unpaired) electrons. The first-order chi connectivity index (χ1) is 9.72. The maximum absolute atomic E-state index is 11.9. The largest absolute Gasteiger partial charge is 0.457 e. The van der Waals surface area contributed by atoms with Crippen molar-refractivity contribution in [2.24, 2.45) is 0 Å². The SMILES string of the molecule is Cc1ccc([C@H]2C[C@H](c3ccccc3)CC(=O)O2)cc1. The number of hydrogen-bond acceptors (Lipinski definition) is 2. The van der Waals surface area contributed by atoms with Crippen molar-refractivity contribution in [1.82, 2.24) is 0 Å². The molecule has 1 saturated heterocycles. The average Bonchev–Trinajstić information content (AvgIpc) is 2.48. The van der Waals surface area contributed by atoms with Gasteiger partial charge < -0.3 is 4.74 Å². The normalized spacial score (nSPS) is 22.4. The number of benzene rings is 2. The quantitative estimate of drug-likeness (QED) is 0.763. The van der Waals surface area contributed by atoms with E-state index in [2.05, 4.69) is 43.3 Å². The molecule has 0 saturated carbocycles. The molecule has 1 heterocycles. The molecule has 2 aromatic rings. The van der Waals surface area contributed by atoms with Crippen LogP contribution in [0.4, 0.5) is 0 Å². The fraction of sp³-hybridized carbons (Fsp3) is 0.278. The van der Waals surface area contributed by atoms with E-state index >= 15 is 0 Å². The third kappa shape index (κ3) is 2.74. The van der Waals surface area contributed by atoms with Crippen LogP contribution in [0.2, 0.25) is 0 Å². The number of esters is 1. The predicted octanol–water partition coefficient (Wildman–Crippen LogP) is 4.16. The third-order valence-corrected chi connectivity index (χ3v) is 3.91. The monoisotopic (exact) mass is 266 g/mol. The van der Waals surface area contributed by atoms with Crippen LogP contribution >= 0.6 is 0 Å². The number of rotatable bonds is 2. The van der Waals surface area contributed by atoms with E-state index in [1.807, 2.05) is 18.2 Å². The van der Waals surface area contributed by atoms with E-state index in [-0.39, 0.29) is 18.0 Å². The van der Waals surface area contributed by atoms with Crippen LogP contribution in [0.1, 0.15) is 41.6 Å². The van der Waals surface area contributed by atoms with Crippen molar-refractivity contribution >= 4 is 5.97 Å². The predicted molar refractivity (Wildman–Crippen MR) is 78.4 cm³/mol. The van der Waals surface area contributed by atoms with E-state index in [4.69, 9.17) is 4.74 Å². The molecular weight excluding hydrogens is 248 g/mol. The van der Waals surface area contributed by atoms with Gasteiger partial charge in [-0.3, -0.25) is 4.79 Å². The van der Waals surface area contributed by atoms with Gasteiger partial charge in [-0.25, -0.2) is 0 Å². The highest BCUT2D eigenvalue weighted by Crippen LogP contribution is 2.37. The van der Waals surface area contributed by atoms with Gasteiger partial charge in [-0.2, -0.15) is 0 Å². The summed E-state index contributed by atoms with van der Waals surface area (Å²) in [7, 11) is 0. The Balaban J connectivity index is 1.83. The van der Waals surface area contributed by atoms with Crippen LogP contribution in [0.3, 0.4) is 0 Å². The molecule has 0 aromatic heterocycles. The lowest BCUT2D eigenvalue weighted by molar-refractivity contribution is -0.155. The first-order valence-electron chi connectivity index (χ1n) is 7.03. The van der Waals surface area contributed by atoms with Gasteiger partial charge in [0, 0.05) is 0 Å². The maximum atomic E-state index is 11.9. The van der Waals surface area contributed by atoms with E-state index in [1.54, 1.807) is 0 Å². The molecule has 2 atom stereocenters. The molecule has 0 bridgehead atoms. The van der Waals surface area contributed by atoms with Gasteiger partial charge in [0.25, 0.3) is 0 Å². The van der Waals surface area contributed by atoms with Crippen molar-refractivity contribution in [1.29, 1.82) is 0 Å². The van der Waals surface area contributed by atoms with Gasteiger partial charge in [0.15, 0.2) is 0 Å². The molecule has 2 heteroatoms. The summed E-state index contributed by atoms with van der Waals surface area (Å²) in [6.45, 7) is 2.06. The number of carbonyl (C=O) groups excluding carboxylic acids is 1. The fourth-order valence-electron chi connectivity index (χ4n) is 2.76. The summed E-state index contributed by atoms with van der Waals surface area (Å²) < 4.78 is 5.53. The maximum Gasteiger partial charge on any atom is 0.307 e. The Labute approximate surface area is 119 Å². The third-order valence-electron chi connectivity index (χ3n) is 3.91. The molecule has 1 aliphatic rings. The molecule has 1 aliphatic heterocycles. The van der Waals surface area contributed by atoms with Crippen molar-refractivity contribution in [3.63, 3.8) is 0 Å². The zero-order valence-corrected chi connectivity index (χ0v) is 11.6. The van der Waals surface area contributed by atoms with Gasteiger partial charge in [0.2, 0.25) is 0 Å². The molecule has 20 heavy (non-hydrogen) atoms. The second-order valence-corrected chi connectivity index (χ2v) is 5.44. The van der Waals surface area contributed by atoms with Crippen LogP contribution in [0.25, 0.3) is 0 Å². The molecule has 3 rings (SSSR count). The van der Waals surface area contributed by atoms with Crippen LogP contribution in [-0.2, 0) is 9.53 Å². The fourth-order valence-corrected chi connectivity index (χ4v) is 2.76. The zero-order chi connectivity index (χ0) is 13.9. The summed E-state index contributed by atoms with van der Waals surface area (Å²) in [5.41, 5.74) is 3.53. The Bertz CT molecular complexity index is 587. The van der Waals surface area contributed by atoms with Crippen molar-refractivity contribution in [3.8, 4) is 0 Å². The molecule has 102 valence electrons. The molecular formula is C18H18O2. The minimum atomic E-state index is -0.123. The molecule has 0 unspecified atom stereocenters. The number of ether oxygens (including phenoxy) is 1. The summed E-state index contributed by atoms with van der Waals surface area (Å²) in [6, 6.07) is 18.5. The second-order valence-electron chi connectivity index (χ2n) is 5.44. The topological polar surface area (TPSA) is 26.3 Å². The van der Waals surface area contributed by atoms with Crippen LogP contribution in [-0.4, -0.2) is 5.97 Å². The van der Waals surface area contributed by atoms with Gasteiger partial charge in [-0.1, -0.05) is 60.2 Å². The average molecular weight is 266 g/mol. The standard InChI is InChI=1S/C18H18O2/c1-13-7-9-15(10-8-13)17-11-16(12-18(19)20-17)14-5-3-2-4-6-14/h2-10,16-17H,11-12H2,1H3/t16-,17+/m0/s1. The van der Waals surface area contributed by atoms with E-state index in [0.29, 0.717) is 6.42 Å². The molecule has 0 N–H and O–H groups in total. The van der Waals surface area contributed by atoms with E-state index in [0.717, 1.165) is 12.0 Å². The lowest BCUT2D eigenvalue weighted by Crippen LogP contribution is -2.23. The molecule has 0 spiro atoms. The summed E-state index contributed by atoms with van der Waals surface area (Å²) in [5.74, 6) is 0.152. The van der Waals surface area contributed by atoms with Gasteiger partial charge >= 0.3 is 5.97 Å². The second kappa shape index (κ2) is 5.49. The molecule has 0 aliphatic carbocycles. The number of aryl methyl sites for hydroxylation is 1. The van der Waals surface area contributed by atoms with E-state index in [1.165, 1.54) is 11.1 Å². The van der Waals surface area contributed by atoms with Crippen LogP contribution in [0, 0.1) is 6.92 Å². The van der Waals surface area contributed by atoms with Crippen molar-refractivity contribution < 1.29 is 9.53 Å². The van der Waals surface area contributed by atoms with Crippen molar-refractivity contribution in [2.75, 3.05) is 0 Å². The van der Waals surface area contributed by atoms with Crippen LogP contribution < -0.4 is 0 Å². The van der Waals surface area contributed by atoms with E-state index < -0.39 is 0 Å². The highest BCUT2D eigenvalue weighted by atomic mass is 16.5. The summed E-state index contributed by atoms with van der Waals surface area (Å²) in [6.07, 6.45) is 1.22. The Kier molecular flexibility index (Phi) is 3.55. The lowest BCUT2D eigenvalue weighted by atomic mass is 9.86. The van der Waals surface area contributed by atoms with Gasteiger partial charge in [0.1, 0.15) is 6.10 Å².